The molecule has 0 bridgehead atoms. The average molecular weight is 239 g/mol. The van der Waals surface area contributed by atoms with Crippen LogP contribution in [0, 0.1) is 5.92 Å². The Hall–Kier alpha value is -1.29. The Morgan fingerprint density at radius 3 is 2.82 bits per heavy atom. The second kappa shape index (κ2) is 5.87. The molecule has 0 radical (unpaired) electrons. The first kappa shape index (κ1) is 13.8. The van der Waals surface area contributed by atoms with Crippen LogP contribution in [0.3, 0.4) is 0 Å². The molecule has 0 aliphatic rings. The highest BCUT2D eigenvalue weighted by Gasteiger charge is 2.21. The molecule has 96 valence electrons. The number of hydrogen-bond acceptors (Lipinski definition) is 3. The number of carbonyl (C=O) groups excluding carboxylic acids is 1. The van der Waals surface area contributed by atoms with E-state index in [4.69, 9.17) is 4.42 Å². The van der Waals surface area contributed by atoms with Crippen molar-refractivity contribution in [2.45, 2.75) is 39.2 Å². The third-order valence-corrected chi connectivity index (χ3v) is 2.67. The van der Waals surface area contributed by atoms with Gasteiger partial charge in [-0.3, -0.25) is 4.79 Å². The fourth-order valence-electron chi connectivity index (χ4n) is 1.45. The van der Waals surface area contributed by atoms with E-state index in [0.29, 0.717) is 17.9 Å². The minimum absolute atomic E-state index is 0.219. The minimum atomic E-state index is -0.857. The summed E-state index contributed by atoms with van der Waals surface area (Å²) >= 11 is 0. The maximum atomic E-state index is 11.6. The van der Waals surface area contributed by atoms with Gasteiger partial charge in [0.2, 0.25) is 0 Å². The molecule has 0 aromatic carbocycles. The van der Waals surface area contributed by atoms with Crippen LogP contribution in [-0.2, 0) is 0 Å². The quantitative estimate of drug-likeness (QED) is 0.800. The molecule has 0 spiro atoms. The molecule has 0 saturated carbocycles. The highest BCUT2D eigenvalue weighted by molar-refractivity contribution is 5.93. The summed E-state index contributed by atoms with van der Waals surface area (Å²) in [6, 6.07) is 1.60. The van der Waals surface area contributed by atoms with Crippen molar-refractivity contribution in [2.75, 3.05) is 6.54 Å². The largest absolute Gasteiger partial charge is 0.472 e. The molecule has 1 atom stereocenters. The van der Waals surface area contributed by atoms with Crippen LogP contribution < -0.4 is 5.32 Å². The van der Waals surface area contributed by atoms with Crippen LogP contribution >= 0.6 is 0 Å². The van der Waals surface area contributed by atoms with E-state index in [1.807, 2.05) is 0 Å². The van der Waals surface area contributed by atoms with Crippen LogP contribution in [0.1, 0.15) is 44.0 Å². The third-order valence-electron chi connectivity index (χ3n) is 2.67. The number of rotatable bonds is 6. The molecule has 0 aliphatic heterocycles. The summed E-state index contributed by atoms with van der Waals surface area (Å²) in [7, 11) is 0. The van der Waals surface area contributed by atoms with Gasteiger partial charge in [0, 0.05) is 6.54 Å². The van der Waals surface area contributed by atoms with Gasteiger partial charge in [-0.15, -0.1) is 0 Å². The Morgan fingerprint density at radius 2 is 2.29 bits per heavy atom. The van der Waals surface area contributed by atoms with Crippen molar-refractivity contribution >= 4 is 5.91 Å². The van der Waals surface area contributed by atoms with E-state index >= 15 is 0 Å². The Labute approximate surface area is 102 Å². The molecule has 1 rings (SSSR count). The fourth-order valence-corrected chi connectivity index (χ4v) is 1.45. The highest BCUT2D eigenvalue weighted by Crippen LogP contribution is 2.15. The zero-order valence-electron chi connectivity index (χ0n) is 10.7. The lowest BCUT2D eigenvalue weighted by atomic mass is 9.95. The number of carbonyl (C=O) groups is 1. The molecule has 1 aromatic heterocycles. The van der Waals surface area contributed by atoms with Gasteiger partial charge in [0.05, 0.1) is 17.4 Å². The SMILES string of the molecule is CC(C)CCC(C)(O)CNC(=O)c1ccoc1. The van der Waals surface area contributed by atoms with Crippen LogP contribution in [0.5, 0.6) is 0 Å². The summed E-state index contributed by atoms with van der Waals surface area (Å²) in [4.78, 5) is 11.6. The highest BCUT2D eigenvalue weighted by atomic mass is 16.3. The number of hydrogen-bond donors (Lipinski definition) is 2. The van der Waals surface area contributed by atoms with E-state index in [1.54, 1.807) is 13.0 Å². The summed E-state index contributed by atoms with van der Waals surface area (Å²) in [5, 5.41) is 12.8. The fraction of sp³-hybridized carbons (Fsp3) is 0.615. The Bertz CT molecular complexity index is 342. The molecule has 0 fully saturated rings. The maximum absolute atomic E-state index is 11.6. The topological polar surface area (TPSA) is 62.5 Å². The van der Waals surface area contributed by atoms with Crippen LogP contribution in [0.2, 0.25) is 0 Å². The normalized spacial score (nSPS) is 14.6. The molecule has 4 nitrogen and oxygen atoms in total. The van der Waals surface area contributed by atoms with Gasteiger partial charge in [0.1, 0.15) is 6.26 Å². The van der Waals surface area contributed by atoms with Crippen LogP contribution in [0.25, 0.3) is 0 Å². The van der Waals surface area contributed by atoms with E-state index in [1.165, 1.54) is 12.5 Å². The van der Waals surface area contributed by atoms with Gasteiger partial charge in [-0.25, -0.2) is 0 Å². The summed E-state index contributed by atoms with van der Waals surface area (Å²) in [5.74, 6) is 0.328. The van der Waals surface area contributed by atoms with Gasteiger partial charge in [0.25, 0.3) is 5.91 Å². The second-order valence-corrected chi connectivity index (χ2v) is 5.12. The smallest absolute Gasteiger partial charge is 0.254 e. The molecule has 1 amide bonds. The molecule has 0 saturated heterocycles. The number of nitrogens with one attached hydrogen (secondary N) is 1. The summed E-state index contributed by atoms with van der Waals surface area (Å²) in [6.45, 7) is 6.22. The number of furan rings is 1. The van der Waals surface area contributed by atoms with E-state index < -0.39 is 5.60 Å². The monoisotopic (exact) mass is 239 g/mol. The van der Waals surface area contributed by atoms with Crippen molar-refractivity contribution in [3.8, 4) is 0 Å². The lowest BCUT2D eigenvalue weighted by Gasteiger charge is -2.24. The number of aliphatic hydroxyl groups is 1. The van der Waals surface area contributed by atoms with Crippen molar-refractivity contribution in [3.05, 3.63) is 24.2 Å². The van der Waals surface area contributed by atoms with E-state index in [0.717, 1.165) is 6.42 Å². The van der Waals surface area contributed by atoms with Gasteiger partial charge in [-0.2, -0.15) is 0 Å². The van der Waals surface area contributed by atoms with E-state index in [9.17, 15) is 9.90 Å². The third kappa shape index (κ3) is 5.04. The molecular formula is C13H21NO3. The first-order chi connectivity index (χ1) is 7.91. The van der Waals surface area contributed by atoms with Crippen molar-refractivity contribution in [2.24, 2.45) is 5.92 Å². The predicted molar refractivity (Wildman–Crippen MR) is 65.7 cm³/mol. The lowest BCUT2D eigenvalue weighted by Crippen LogP contribution is -2.40. The van der Waals surface area contributed by atoms with E-state index in [2.05, 4.69) is 19.2 Å². The summed E-state index contributed by atoms with van der Waals surface area (Å²) in [6.07, 6.45) is 4.45. The second-order valence-electron chi connectivity index (χ2n) is 5.12. The van der Waals surface area contributed by atoms with E-state index in [-0.39, 0.29) is 12.5 Å². The maximum Gasteiger partial charge on any atom is 0.254 e. The van der Waals surface area contributed by atoms with Gasteiger partial charge < -0.3 is 14.8 Å². The lowest BCUT2D eigenvalue weighted by molar-refractivity contribution is 0.0429. The van der Waals surface area contributed by atoms with Gasteiger partial charge >= 0.3 is 0 Å². The van der Waals surface area contributed by atoms with Gasteiger partial charge in [-0.1, -0.05) is 13.8 Å². The minimum Gasteiger partial charge on any atom is -0.472 e. The summed E-state index contributed by atoms with van der Waals surface area (Å²) < 4.78 is 4.82. The first-order valence-electron chi connectivity index (χ1n) is 5.93. The van der Waals surface area contributed by atoms with Crippen molar-refractivity contribution in [1.82, 2.24) is 5.32 Å². The Morgan fingerprint density at radius 1 is 1.59 bits per heavy atom. The standard InChI is InChI=1S/C13H21NO3/c1-10(2)4-6-13(3,16)9-14-12(15)11-5-7-17-8-11/h5,7-8,10,16H,4,6,9H2,1-3H3,(H,14,15). The molecule has 1 unspecified atom stereocenters. The van der Waals surface area contributed by atoms with Gasteiger partial charge in [-0.05, 0) is 31.7 Å². The van der Waals surface area contributed by atoms with Crippen LogP contribution in [0.15, 0.2) is 23.0 Å². The van der Waals surface area contributed by atoms with Crippen molar-refractivity contribution in [3.63, 3.8) is 0 Å². The van der Waals surface area contributed by atoms with Crippen molar-refractivity contribution < 1.29 is 14.3 Å². The Balaban J connectivity index is 2.36. The average Bonchev–Trinajstić information content (AvgIpc) is 2.77. The predicted octanol–water partition coefficient (Wildman–Crippen LogP) is 2.20. The van der Waals surface area contributed by atoms with Crippen LogP contribution in [0.4, 0.5) is 0 Å². The molecule has 1 heterocycles. The molecule has 1 aromatic rings. The van der Waals surface area contributed by atoms with Crippen LogP contribution in [-0.4, -0.2) is 23.2 Å². The van der Waals surface area contributed by atoms with Crippen molar-refractivity contribution in [1.29, 1.82) is 0 Å². The molecule has 2 N–H and O–H groups in total. The first-order valence-corrected chi connectivity index (χ1v) is 5.93. The molecule has 4 heteroatoms. The molecule has 17 heavy (non-hydrogen) atoms. The zero-order valence-corrected chi connectivity index (χ0v) is 10.7. The molecule has 0 aliphatic carbocycles. The zero-order chi connectivity index (χ0) is 12.9. The Kier molecular flexibility index (Phi) is 4.75. The number of amides is 1. The summed E-state index contributed by atoms with van der Waals surface area (Å²) in [5.41, 5.74) is -0.381. The molecular weight excluding hydrogens is 218 g/mol. The van der Waals surface area contributed by atoms with Gasteiger partial charge in [0.15, 0.2) is 0 Å².